The number of rotatable bonds is 5. The Kier molecular flexibility index (Phi) is 3.81. The molecule has 0 bridgehead atoms. The van der Waals surface area contributed by atoms with Crippen molar-refractivity contribution in [1.82, 2.24) is 15.2 Å². The fraction of sp³-hybridized carbons (Fsp3) is 0.750. The van der Waals surface area contributed by atoms with Crippen molar-refractivity contribution in [1.29, 1.82) is 0 Å². The Bertz CT molecular complexity index is 357. The number of aryl methyl sites for hydroxylation is 1. The largest absolute Gasteiger partial charge is 0.373 e. The van der Waals surface area contributed by atoms with Gasteiger partial charge in [-0.15, -0.1) is 0 Å². The van der Waals surface area contributed by atoms with E-state index in [1.165, 1.54) is 12.8 Å². The zero-order valence-corrected chi connectivity index (χ0v) is 10.6. The van der Waals surface area contributed by atoms with E-state index in [1.54, 1.807) is 4.68 Å². The van der Waals surface area contributed by atoms with Crippen LogP contribution in [0.3, 0.4) is 0 Å². The van der Waals surface area contributed by atoms with Crippen LogP contribution in [0.1, 0.15) is 44.2 Å². The van der Waals surface area contributed by atoms with Gasteiger partial charge in [0.05, 0.1) is 17.8 Å². The van der Waals surface area contributed by atoms with Gasteiger partial charge in [-0.1, -0.05) is 12.8 Å². The van der Waals surface area contributed by atoms with Gasteiger partial charge in [-0.25, -0.2) is 5.43 Å². The minimum absolute atomic E-state index is 0.0265. The van der Waals surface area contributed by atoms with E-state index in [0.717, 1.165) is 25.0 Å². The van der Waals surface area contributed by atoms with Crippen LogP contribution in [0.4, 0.5) is 0 Å². The van der Waals surface area contributed by atoms with Gasteiger partial charge in [-0.2, -0.15) is 5.10 Å². The molecule has 5 nitrogen and oxygen atoms in total. The van der Waals surface area contributed by atoms with Gasteiger partial charge in [0.1, 0.15) is 0 Å². The number of hydrazine groups is 1. The van der Waals surface area contributed by atoms with Crippen molar-refractivity contribution in [2.75, 3.05) is 6.61 Å². The van der Waals surface area contributed by atoms with Crippen molar-refractivity contribution >= 4 is 0 Å². The van der Waals surface area contributed by atoms with Crippen molar-refractivity contribution < 1.29 is 4.74 Å². The van der Waals surface area contributed by atoms with Crippen LogP contribution < -0.4 is 11.3 Å². The van der Waals surface area contributed by atoms with Gasteiger partial charge in [0.2, 0.25) is 0 Å². The third kappa shape index (κ3) is 2.36. The standard InChI is InChI=1S/C12H22N4O/c1-3-17-12(6-4-5-7-12)11(15-13)10-8-14-16(2)9-10/h8-9,11,15H,3-7,13H2,1-2H3. The highest BCUT2D eigenvalue weighted by Gasteiger charge is 2.43. The first-order valence-electron chi connectivity index (χ1n) is 6.30. The van der Waals surface area contributed by atoms with Gasteiger partial charge in [-0.05, 0) is 19.8 Å². The Hall–Kier alpha value is -0.910. The van der Waals surface area contributed by atoms with Crippen LogP contribution in [0.2, 0.25) is 0 Å². The maximum atomic E-state index is 6.03. The molecule has 0 amide bonds. The number of hydrogen-bond acceptors (Lipinski definition) is 4. The summed E-state index contributed by atoms with van der Waals surface area (Å²) in [4.78, 5) is 0. The lowest BCUT2D eigenvalue weighted by atomic mass is 9.88. The molecule has 96 valence electrons. The Balaban J connectivity index is 2.26. The molecule has 1 saturated carbocycles. The summed E-state index contributed by atoms with van der Waals surface area (Å²) in [5.74, 6) is 5.74. The molecule has 0 radical (unpaired) electrons. The summed E-state index contributed by atoms with van der Waals surface area (Å²) in [6.45, 7) is 2.76. The second kappa shape index (κ2) is 5.16. The van der Waals surface area contributed by atoms with Crippen molar-refractivity contribution in [3.05, 3.63) is 18.0 Å². The van der Waals surface area contributed by atoms with Gasteiger partial charge >= 0.3 is 0 Å². The Morgan fingerprint density at radius 1 is 1.59 bits per heavy atom. The summed E-state index contributed by atoms with van der Waals surface area (Å²) in [6, 6.07) is 0.0265. The second-order valence-corrected chi connectivity index (χ2v) is 4.75. The monoisotopic (exact) mass is 238 g/mol. The Labute approximate surface area is 102 Å². The lowest BCUT2D eigenvalue weighted by molar-refractivity contribution is -0.0627. The lowest BCUT2D eigenvalue weighted by Gasteiger charge is -2.36. The number of aromatic nitrogens is 2. The van der Waals surface area contributed by atoms with E-state index < -0.39 is 0 Å². The van der Waals surface area contributed by atoms with E-state index in [1.807, 2.05) is 26.4 Å². The molecule has 0 aromatic carbocycles. The SMILES string of the molecule is CCOC1(C(NN)c2cnn(C)c2)CCCC1. The van der Waals surface area contributed by atoms with Crippen molar-refractivity contribution in [2.45, 2.75) is 44.2 Å². The summed E-state index contributed by atoms with van der Waals surface area (Å²) in [7, 11) is 1.92. The highest BCUT2D eigenvalue weighted by atomic mass is 16.5. The molecule has 0 spiro atoms. The highest BCUT2D eigenvalue weighted by Crippen LogP contribution is 2.42. The maximum Gasteiger partial charge on any atom is 0.0890 e. The minimum Gasteiger partial charge on any atom is -0.373 e. The third-order valence-electron chi connectivity index (χ3n) is 3.63. The average molecular weight is 238 g/mol. The molecular weight excluding hydrogens is 216 g/mol. The molecule has 1 aliphatic carbocycles. The van der Waals surface area contributed by atoms with Crippen molar-refractivity contribution in [3.8, 4) is 0 Å². The Morgan fingerprint density at radius 3 is 2.76 bits per heavy atom. The number of hydrogen-bond donors (Lipinski definition) is 2. The molecule has 3 N–H and O–H groups in total. The average Bonchev–Trinajstić information content (AvgIpc) is 2.91. The molecule has 17 heavy (non-hydrogen) atoms. The molecule has 1 aromatic rings. The lowest BCUT2D eigenvalue weighted by Crippen LogP contribution is -2.46. The number of nitrogens with one attached hydrogen (secondary N) is 1. The second-order valence-electron chi connectivity index (χ2n) is 4.75. The number of ether oxygens (including phenoxy) is 1. The fourth-order valence-electron chi connectivity index (χ4n) is 2.92. The number of nitrogens with zero attached hydrogens (tertiary/aromatic N) is 2. The van der Waals surface area contributed by atoms with Gasteiger partial charge in [0, 0.05) is 25.4 Å². The molecule has 5 heteroatoms. The smallest absolute Gasteiger partial charge is 0.0890 e. The maximum absolute atomic E-state index is 6.03. The summed E-state index contributed by atoms with van der Waals surface area (Å²) < 4.78 is 7.83. The van der Waals surface area contributed by atoms with Crippen LogP contribution in [-0.4, -0.2) is 22.0 Å². The summed E-state index contributed by atoms with van der Waals surface area (Å²) in [5, 5.41) is 4.21. The fourth-order valence-corrected chi connectivity index (χ4v) is 2.92. The van der Waals surface area contributed by atoms with Crippen LogP contribution in [0.25, 0.3) is 0 Å². The van der Waals surface area contributed by atoms with E-state index in [2.05, 4.69) is 10.5 Å². The predicted octanol–water partition coefficient (Wildman–Crippen LogP) is 1.27. The molecule has 1 atom stereocenters. The first-order valence-corrected chi connectivity index (χ1v) is 6.30. The van der Waals surface area contributed by atoms with E-state index in [-0.39, 0.29) is 11.6 Å². The predicted molar refractivity (Wildman–Crippen MR) is 66.1 cm³/mol. The van der Waals surface area contributed by atoms with E-state index in [4.69, 9.17) is 10.6 Å². The first-order chi connectivity index (χ1) is 8.22. The van der Waals surface area contributed by atoms with Crippen LogP contribution in [0.5, 0.6) is 0 Å². The zero-order chi connectivity index (χ0) is 12.3. The zero-order valence-electron chi connectivity index (χ0n) is 10.6. The van der Waals surface area contributed by atoms with Gasteiger partial charge in [0.15, 0.2) is 0 Å². The van der Waals surface area contributed by atoms with Gasteiger partial charge in [0.25, 0.3) is 0 Å². The molecule has 0 aliphatic heterocycles. The first kappa shape index (κ1) is 12.5. The van der Waals surface area contributed by atoms with Crippen LogP contribution in [0, 0.1) is 0 Å². The summed E-state index contributed by atoms with van der Waals surface area (Å²) in [6.07, 6.45) is 8.40. The molecule has 2 rings (SSSR count). The van der Waals surface area contributed by atoms with E-state index >= 15 is 0 Å². The molecule has 0 saturated heterocycles. The topological polar surface area (TPSA) is 65.1 Å². The van der Waals surface area contributed by atoms with Crippen molar-refractivity contribution in [2.24, 2.45) is 12.9 Å². The van der Waals surface area contributed by atoms with Crippen LogP contribution in [0.15, 0.2) is 12.4 Å². The summed E-state index contributed by atoms with van der Waals surface area (Å²) >= 11 is 0. The molecule has 1 heterocycles. The minimum atomic E-state index is -0.160. The molecule has 1 aliphatic rings. The Morgan fingerprint density at radius 2 is 2.29 bits per heavy atom. The molecule has 1 aromatic heterocycles. The number of nitrogens with two attached hydrogens (primary N) is 1. The van der Waals surface area contributed by atoms with Gasteiger partial charge in [-0.3, -0.25) is 10.5 Å². The summed E-state index contributed by atoms with van der Waals surface area (Å²) in [5.41, 5.74) is 3.86. The molecular formula is C12H22N4O. The van der Waals surface area contributed by atoms with Crippen LogP contribution in [-0.2, 0) is 11.8 Å². The van der Waals surface area contributed by atoms with E-state index in [9.17, 15) is 0 Å². The molecule has 1 fully saturated rings. The molecule has 1 unspecified atom stereocenters. The normalized spacial score (nSPS) is 20.6. The quantitative estimate of drug-likeness (QED) is 0.599. The van der Waals surface area contributed by atoms with Gasteiger partial charge < -0.3 is 4.74 Å². The van der Waals surface area contributed by atoms with Crippen molar-refractivity contribution in [3.63, 3.8) is 0 Å². The highest BCUT2D eigenvalue weighted by molar-refractivity contribution is 5.17. The third-order valence-corrected chi connectivity index (χ3v) is 3.63. The van der Waals surface area contributed by atoms with E-state index in [0.29, 0.717) is 0 Å². The van der Waals surface area contributed by atoms with Crippen LogP contribution >= 0.6 is 0 Å².